The van der Waals surface area contributed by atoms with Gasteiger partial charge in [-0.05, 0) is 60.8 Å². The molecule has 1 atom stereocenters. The molecule has 1 fully saturated rings. The van der Waals surface area contributed by atoms with Gasteiger partial charge in [-0.15, -0.1) is 0 Å². The molecule has 11 heteroatoms. The number of benzene rings is 1. The number of rotatable bonds is 5. The topological polar surface area (TPSA) is 120 Å². The molecule has 0 radical (unpaired) electrons. The molecule has 1 aliphatic heterocycles. The first-order chi connectivity index (χ1) is 16.9. The van der Waals surface area contributed by atoms with Crippen LogP contribution >= 0.6 is 0 Å². The van der Waals surface area contributed by atoms with E-state index in [4.69, 9.17) is 5.26 Å². The molecular weight excluding hydrogens is 490 g/mol. The lowest BCUT2D eigenvalue weighted by atomic mass is 9.91. The zero-order valence-corrected chi connectivity index (χ0v) is 20.5. The summed E-state index contributed by atoms with van der Waals surface area (Å²) >= 11 is 0. The summed E-state index contributed by atoms with van der Waals surface area (Å²) in [7, 11) is -3.27. The molecule has 1 aromatic carbocycles. The van der Waals surface area contributed by atoms with Crippen molar-refractivity contribution in [1.29, 1.82) is 5.26 Å². The van der Waals surface area contributed by atoms with E-state index in [-0.39, 0.29) is 5.56 Å². The standard InChI is InChI=1S/C25H24F2N4O4S/c1-15-9-18(36(2,34)35)4-5-19(15)16-3-6-22-21(10-16)20(7-8-29-22)24(33)30-13-23(32)31-14-25(26,27)11-17(31)12-28/h3,6-10,17H,4-5,11,13-14H2,1-2H3,(H,30,33)/t17-/m0/s1. The number of allylic oxidation sites excluding steroid dienone is 4. The molecule has 1 aliphatic carbocycles. The second-order valence-electron chi connectivity index (χ2n) is 9.04. The minimum atomic E-state index is -3.27. The van der Waals surface area contributed by atoms with Crippen molar-refractivity contribution >= 4 is 38.1 Å². The Labute approximate surface area is 207 Å². The van der Waals surface area contributed by atoms with Gasteiger partial charge in [0, 0.05) is 29.2 Å². The van der Waals surface area contributed by atoms with Crippen LogP contribution in [0.3, 0.4) is 0 Å². The smallest absolute Gasteiger partial charge is 0.268 e. The molecule has 0 saturated carbocycles. The van der Waals surface area contributed by atoms with Gasteiger partial charge >= 0.3 is 0 Å². The second kappa shape index (κ2) is 9.43. The first-order valence-electron chi connectivity index (χ1n) is 11.2. The number of nitriles is 1. The number of pyridine rings is 1. The highest BCUT2D eigenvalue weighted by atomic mass is 32.2. The molecule has 0 spiro atoms. The van der Waals surface area contributed by atoms with Crippen molar-refractivity contribution in [1.82, 2.24) is 15.2 Å². The number of fused-ring (bicyclic) bond motifs is 1. The Morgan fingerprint density at radius 3 is 2.69 bits per heavy atom. The molecule has 8 nitrogen and oxygen atoms in total. The number of carbonyl (C=O) groups excluding carboxylic acids is 2. The zero-order chi connectivity index (χ0) is 26.3. The van der Waals surface area contributed by atoms with Gasteiger partial charge in [0.2, 0.25) is 5.91 Å². The van der Waals surface area contributed by atoms with Crippen LogP contribution in [0.2, 0.25) is 0 Å². The summed E-state index contributed by atoms with van der Waals surface area (Å²) in [5, 5.41) is 12.1. The van der Waals surface area contributed by atoms with Gasteiger partial charge in [-0.3, -0.25) is 14.6 Å². The zero-order valence-electron chi connectivity index (χ0n) is 19.7. The van der Waals surface area contributed by atoms with Crippen LogP contribution in [-0.2, 0) is 14.6 Å². The quantitative estimate of drug-likeness (QED) is 0.654. The van der Waals surface area contributed by atoms with Crippen molar-refractivity contribution < 1.29 is 26.8 Å². The van der Waals surface area contributed by atoms with Crippen LogP contribution in [0.1, 0.15) is 42.1 Å². The minimum Gasteiger partial charge on any atom is -0.343 e. The molecule has 2 aliphatic rings. The van der Waals surface area contributed by atoms with Crippen LogP contribution in [0.5, 0.6) is 0 Å². The summed E-state index contributed by atoms with van der Waals surface area (Å²) in [6.45, 7) is 0.452. The average Bonchev–Trinajstić information content (AvgIpc) is 3.15. The van der Waals surface area contributed by atoms with E-state index < -0.39 is 53.1 Å². The number of aromatic nitrogens is 1. The lowest BCUT2D eigenvalue weighted by molar-refractivity contribution is -0.131. The van der Waals surface area contributed by atoms with Crippen LogP contribution in [0.4, 0.5) is 8.78 Å². The molecule has 2 aromatic rings. The van der Waals surface area contributed by atoms with E-state index >= 15 is 0 Å². The number of carbonyl (C=O) groups is 2. The van der Waals surface area contributed by atoms with E-state index in [1.54, 1.807) is 24.3 Å². The normalized spacial score (nSPS) is 19.7. The molecular formula is C25H24F2N4O4S. The van der Waals surface area contributed by atoms with E-state index in [0.29, 0.717) is 28.6 Å². The van der Waals surface area contributed by atoms with Gasteiger partial charge in [-0.2, -0.15) is 5.26 Å². The number of amides is 2. The summed E-state index contributed by atoms with van der Waals surface area (Å²) in [6.07, 6.45) is 4.48. The lowest BCUT2D eigenvalue weighted by Gasteiger charge is -2.20. The van der Waals surface area contributed by atoms with Crippen molar-refractivity contribution in [2.45, 2.75) is 38.2 Å². The number of alkyl halides is 2. The number of hydrogen-bond donors (Lipinski definition) is 1. The summed E-state index contributed by atoms with van der Waals surface area (Å²) in [5.74, 6) is -4.48. The molecule has 36 heavy (non-hydrogen) atoms. The Bertz CT molecular complexity index is 1470. The predicted octanol–water partition coefficient (Wildman–Crippen LogP) is 3.22. The minimum absolute atomic E-state index is 0.250. The number of sulfone groups is 1. The fraction of sp³-hybridized carbons (Fsp3) is 0.360. The summed E-state index contributed by atoms with van der Waals surface area (Å²) < 4.78 is 51.1. The highest BCUT2D eigenvalue weighted by Gasteiger charge is 2.47. The maximum absolute atomic E-state index is 13.7. The molecule has 0 bridgehead atoms. The van der Waals surface area contributed by atoms with Gasteiger partial charge in [-0.25, -0.2) is 17.2 Å². The fourth-order valence-corrected chi connectivity index (χ4v) is 5.45. The van der Waals surface area contributed by atoms with Crippen molar-refractivity contribution in [2.24, 2.45) is 0 Å². The third-order valence-electron chi connectivity index (χ3n) is 6.43. The second-order valence-corrected chi connectivity index (χ2v) is 11.1. The van der Waals surface area contributed by atoms with Gasteiger partial charge in [-0.1, -0.05) is 6.07 Å². The Morgan fingerprint density at radius 2 is 2.03 bits per heavy atom. The van der Waals surface area contributed by atoms with Gasteiger partial charge in [0.05, 0.1) is 30.2 Å². The maximum Gasteiger partial charge on any atom is 0.268 e. The molecule has 2 heterocycles. The largest absolute Gasteiger partial charge is 0.343 e. The Morgan fingerprint density at radius 1 is 1.28 bits per heavy atom. The van der Waals surface area contributed by atoms with Gasteiger partial charge in [0.1, 0.15) is 6.04 Å². The van der Waals surface area contributed by atoms with E-state index in [1.807, 2.05) is 13.0 Å². The predicted molar refractivity (Wildman–Crippen MR) is 130 cm³/mol. The van der Waals surface area contributed by atoms with E-state index in [2.05, 4.69) is 10.3 Å². The summed E-state index contributed by atoms with van der Waals surface area (Å²) in [6, 6.07) is 7.38. The van der Waals surface area contributed by atoms with Crippen LogP contribution < -0.4 is 5.32 Å². The number of nitrogens with one attached hydrogen (secondary N) is 1. The van der Waals surface area contributed by atoms with Crippen molar-refractivity contribution in [2.75, 3.05) is 19.3 Å². The lowest BCUT2D eigenvalue weighted by Crippen LogP contribution is -2.43. The van der Waals surface area contributed by atoms with E-state index in [0.717, 1.165) is 21.6 Å². The van der Waals surface area contributed by atoms with E-state index in [1.165, 1.54) is 18.5 Å². The van der Waals surface area contributed by atoms with Crippen molar-refractivity contribution in [3.05, 3.63) is 58.1 Å². The van der Waals surface area contributed by atoms with E-state index in [9.17, 15) is 26.8 Å². The number of nitrogens with zero attached hydrogens (tertiary/aromatic N) is 3. The fourth-order valence-electron chi connectivity index (χ4n) is 4.59. The van der Waals surface area contributed by atoms with Crippen LogP contribution in [0, 0.1) is 11.3 Å². The Hall–Kier alpha value is -3.65. The monoisotopic (exact) mass is 514 g/mol. The van der Waals surface area contributed by atoms with Crippen LogP contribution in [0.25, 0.3) is 16.5 Å². The molecule has 1 N–H and O–H groups in total. The summed E-state index contributed by atoms with van der Waals surface area (Å²) in [5.41, 5.74) is 3.38. The average molecular weight is 515 g/mol. The third-order valence-corrected chi connectivity index (χ3v) is 7.70. The highest BCUT2D eigenvalue weighted by molar-refractivity contribution is 7.94. The van der Waals surface area contributed by atoms with Gasteiger partial charge in [0.15, 0.2) is 9.84 Å². The molecule has 188 valence electrons. The molecule has 0 unspecified atom stereocenters. The number of hydrogen-bond acceptors (Lipinski definition) is 6. The van der Waals surface area contributed by atoms with Crippen molar-refractivity contribution in [3.8, 4) is 6.07 Å². The molecule has 4 rings (SSSR count). The third kappa shape index (κ3) is 5.14. The van der Waals surface area contributed by atoms with Gasteiger partial charge < -0.3 is 10.2 Å². The van der Waals surface area contributed by atoms with Crippen LogP contribution in [-0.4, -0.2) is 61.4 Å². The summed E-state index contributed by atoms with van der Waals surface area (Å²) in [4.78, 5) is 30.9. The van der Waals surface area contributed by atoms with Gasteiger partial charge in [0.25, 0.3) is 11.8 Å². The number of likely N-dealkylation sites (tertiary alicyclic amines) is 1. The molecule has 1 saturated heterocycles. The van der Waals surface area contributed by atoms with Crippen molar-refractivity contribution in [3.63, 3.8) is 0 Å². The van der Waals surface area contributed by atoms with Crippen LogP contribution in [0.15, 0.2) is 47.0 Å². The highest BCUT2D eigenvalue weighted by Crippen LogP contribution is 2.35. The maximum atomic E-state index is 13.7. The Balaban J connectivity index is 1.58. The SMILES string of the molecule is CC1=C(c2ccc3nccc(C(=O)NCC(=O)N4CC(F)(F)C[C@H]4C#N)c3c2)CCC(S(C)(=O)=O)=C1. The first-order valence-corrected chi connectivity index (χ1v) is 13.1. The Kier molecular flexibility index (Phi) is 6.66. The molecule has 2 amide bonds. The first kappa shape index (κ1) is 25.4. The molecule has 1 aromatic heterocycles. The number of halogens is 2.